The van der Waals surface area contributed by atoms with Crippen molar-refractivity contribution in [1.29, 1.82) is 0 Å². The monoisotopic (exact) mass is 390 g/mol. The molecule has 148 valence electrons. The number of hydrogen-bond acceptors (Lipinski definition) is 6. The highest BCUT2D eigenvalue weighted by atomic mass is 16.6. The number of nitrogens with zero attached hydrogens (tertiary/aromatic N) is 2. The van der Waals surface area contributed by atoms with Crippen LogP contribution in [0.1, 0.15) is 22.3 Å². The second kappa shape index (κ2) is 9.05. The highest BCUT2D eigenvalue weighted by Gasteiger charge is 2.20. The molecule has 1 aromatic carbocycles. The molecule has 0 saturated heterocycles. The van der Waals surface area contributed by atoms with Crippen molar-refractivity contribution >= 4 is 11.7 Å². The fourth-order valence-corrected chi connectivity index (χ4v) is 2.98. The fourth-order valence-electron chi connectivity index (χ4n) is 2.98. The number of hydrogen-bond donors (Lipinski definition) is 2. The Morgan fingerprint density at radius 2 is 1.97 bits per heavy atom. The van der Waals surface area contributed by atoms with E-state index in [1.54, 1.807) is 30.7 Å². The molecule has 0 bridgehead atoms. The van der Waals surface area contributed by atoms with Crippen LogP contribution in [0.3, 0.4) is 0 Å². The predicted octanol–water partition coefficient (Wildman–Crippen LogP) is 3.05. The summed E-state index contributed by atoms with van der Waals surface area (Å²) >= 11 is 0. The van der Waals surface area contributed by atoms with Gasteiger partial charge in [-0.25, -0.2) is 4.98 Å². The lowest BCUT2D eigenvalue weighted by atomic mass is 10.2. The SMILES string of the molecule is O=C(NCCC1COc2ccccc2O1)c1ccc(NCc2cccnc2)nc1. The topological polar surface area (TPSA) is 85.4 Å². The van der Waals surface area contributed by atoms with Gasteiger partial charge in [-0.3, -0.25) is 9.78 Å². The van der Waals surface area contributed by atoms with Crippen molar-refractivity contribution in [2.24, 2.45) is 0 Å². The fraction of sp³-hybridized carbons (Fsp3) is 0.227. The van der Waals surface area contributed by atoms with E-state index in [1.807, 2.05) is 36.4 Å². The molecule has 2 aromatic heterocycles. The van der Waals surface area contributed by atoms with E-state index < -0.39 is 0 Å². The predicted molar refractivity (Wildman–Crippen MR) is 109 cm³/mol. The lowest BCUT2D eigenvalue weighted by Gasteiger charge is -2.26. The number of rotatable bonds is 7. The maximum Gasteiger partial charge on any atom is 0.252 e. The van der Waals surface area contributed by atoms with E-state index in [0.717, 1.165) is 17.1 Å². The van der Waals surface area contributed by atoms with Crippen molar-refractivity contribution in [2.45, 2.75) is 19.1 Å². The summed E-state index contributed by atoms with van der Waals surface area (Å²) in [5.74, 6) is 2.05. The summed E-state index contributed by atoms with van der Waals surface area (Å²) < 4.78 is 11.6. The third kappa shape index (κ3) is 5.01. The van der Waals surface area contributed by atoms with Crippen LogP contribution in [-0.4, -0.2) is 35.1 Å². The Balaban J connectivity index is 1.22. The molecule has 0 radical (unpaired) electrons. The van der Waals surface area contributed by atoms with Gasteiger partial charge in [0.05, 0.1) is 5.56 Å². The first-order valence-electron chi connectivity index (χ1n) is 9.53. The number of carbonyl (C=O) groups excluding carboxylic acids is 1. The zero-order valence-electron chi connectivity index (χ0n) is 15.9. The second-order valence-corrected chi connectivity index (χ2v) is 6.69. The Labute approximate surface area is 169 Å². The molecule has 7 heteroatoms. The van der Waals surface area contributed by atoms with Crippen molar-refractivity contribution < 1.29 is 14.3 Å². The van der Waals surface area contributed by atoms with Crippen LogP contribution >= 0.6 is 0 Å². The van der Waals surface area contributed by atoms with Crippen LogP contribution in [0.2, 0.25) is 0 Å². The minimum absolute atomic E-state index is 0.0811. The molecule has 0 spiro atoms. The summed E-state index contributed by atoms with van der Waals surface area (Å²) in [6.45, 7) is 1.60. The second-order valence-electron chi connectivity index (χ2n) is 6.69. The van der Waals surface area contributed by atoms with Crippen LogP contribution in [0.4, 0.5) is 5.82 Å². The smallest absolute Gasteiger partial charge is 0.252 e. The molecule has 7 nitrogen and oxygen atoms in total. The molecule has 0 aliphatic carbocycles. The van der Waals surface area contributed by atoms with Gasteiger partial charge in [0, 0.05) is 38.1 Å². The molecule has 1 aliphatic rings. The van der Waals surface area contributed by atoms with Gasteiger partial charge < -0.3 is 20.1 Å². The van der Waals surface area contributed by atoms with Gasteiger partial charge >= 0.3 is 0 Å². The summed E-state index contributed by atoms with van der Waals surface area (Å²) in [6.07, 6.45) is 5.69. The summed E-state index contributed by atoms with van der Waals surface area (Å²) in [5.41, 5.74) is 1.58. The molecule has 1 aliphatic heterocycles. The third-order valence-corrected chi connectivity index (χ3v) is 4.54. The van der Waals surface area contributed by atoms with E-state index in [2.05, 4.69) is 20.6 Å². The molecule has 3 heterocycles. The molecular formula is C22H22N4O3. The van der Waals surface area contributed by atoms with Crippen molar-refractivity contribution in [2.75, 3.05) is 18.5 Å². The van der Waals surface area contributed by atoms with Gasteiger partial charge in [0.15, 0.2) is 11.5 Å². The van der Waals surface area contributed by atoms with Gasteiger partial charge in [-0.2, -0.15) is 0 Å². The lowest BCUT2D eigenvalue weighted by Crippen LogP contribution is -2.34. The quantitative estimate of drug-likeness (QED) is 0.645. The average molecular weight is 390 g/mol. The molecule has 29 heavy (non-hydrogen) atoms. The number of amides is 1. The maximum absolute atomic E-state index is 12.3. The molecule has 2 N–H and O–H groups in total. The van der Waals surface area contributed by atoms with Crippen LogP contribution < -0.4 is 20.1 Å². The van der Waals surface area contributed by atoms with Crippen LogP contribution in [0.25, 0.3) is 0 Å². The van der Waals surface area contributed by atoms with Gasteiger partial charge in [-0.15, -0.1) is 0 Å². The van der Waals surface area contributed by atoms with Crippen LogP contribution in [0.5, 0.6) is 11.5 Å². The number of carbonyl (C=O) groups is 1. The van der Waals surface area contributed by atoms with E-state index in [-0.39, 0.29) is 12.0 Å². The summed E-state index contributed by atoms with van der Waals surface area (Å²) in [7, 11) is 0. The van der Waals surface area contributed by atoms with E-state index in [4.69, 9.17) is 9.47 Å². The first kappa shape index (κ1) is 18.7. The van der Waals surface area contributed by atoms with Gasteiger partial charge in [0.1, 0.15) is 18.5 Å². The molecule has 0 saturated carbocycles. The average Bonchev–Trinajstić information content (AvgIpc) is 2.78. The van der Waals surface area contributed by atoms with Gasteiger partial charge in [-0.1, -0.05) is 18.2 Å². The summed E-state index contributed by atoms with van der Waals surface area (Å²) in [4.78, 5) is 20.7. The van der Waals surface area contributed by atoms with Crippen molar-refractivity contribution in [3.05, 3.63) is 78.2 Å². The van der Waals surface area contributed by atoms with Crippen molar-refractivity contribution in [3.63, 3.8) is 0 Å². The Kier molecular flexibility index (Phi) is 5.85. The number of anilines is 1. The maximum atomic E-state index is 12.3. The standard InChI is InChI=1S/C22H22N4O3/c27-22(24-11-9-18-15-28-19-5-1-2-6-20(19)29-18)17-7-8-21(26-14-17)25-13-16-4-3-10-23-12-16/h1-8,10,12,14,18H,9,11,13,15H2,(H,24,27)(H,25,26). The number of fused-ring (bicyclic) bond motifs is 1. The van der Waals surface area contributed by atoms with Gasteiger partial charge in [0.2, 0.25) is 0 Å². The van der Waals surface area contributed by atoms with E-state index in [1.165, 1.54) is 0 Å². The number of pyridine rings is 2. The number of ether oxygens (including phenoxy) is 2. The Morgan fingerprint density at radius 1 is 1.07 bits per heavy atom. The molecule has 0 fully saturated rings. The first-order valence-corrected chi connectivity index (χ1v) is 9.53. The van der Waals surface area contributed by atoms with E-state index >= 15 is 0 Å². The van der Waals surface area contributed by atoms with E-state index in [9.17, 15) is 4.79 Å². The van der Waals surface area contributed by atoms with Crippen LogP contribution in [0, 0.1) is 0 Å². The molecule has 4 rings (SSSR count). The molecule has 1 amide bonds. The van der Waals surface area contributed by atoms with E-state index in [0.29, 0.717) is 37.5 Å². The lowest BCUT2D eigenvalue weighted by molar-refractivity contribution is 0.0812. The molecule has 1 atom stereocenters. The zero-order chi connectivity index (χ0) is 19.9. The zero-order valence-corrected chi connectivity index (χ0v) is 15.9. The Bertz CT molecular complexity index is 948. The highest BCUT2D eigenvalue weighted by molar-refractivity contribution is 5.94. The Hall–Kier alpha value is -3.61. The summed E-state index contributed by atoms with van der Waals surface area (Å²) in [6, 6.07) is 15.0. The normalized spacial score (nSPS) is 14.8. The minimum Gasteiger partial charge on any atom is -0.486 e. The first-order chi connectivity index (χ1) is 14.3. The number of aromatic nitrogens is 2. The highest BCUT2D eigenvalue weighted by Crippen LogP contribution is 2.31. The number of para-hydroxylation sites is 2. The van der Waals surface area contributed by atoms with Gasteiger partial charge in [-0.05, 0) is 35.9 Å². The summed E-state index contributed by atoms with van der Waals surface area (Å²) in [5, 5.41) is 6.11. The van der Waals surface area contributed by atoms with Crippen molar-refractivity contribution in [1.82, 2.24) is 15.3 Å². The molecular weight excluding hydrogens is 368 g/mol. The van der Waals surface area contributed by atoms with Crippen LogP contribution in [0.15, 0.2) is 67.1 Å². The number of benzene rings is 1. The number of nitrogens with one attached hydrogen (secondary N) is 2. The Morgan fingerprint density at radius 3 is 2.76 bits per heavy atom. The molecule has 1 unspecified atom stereocenters. The van der Waals surface area contributed by atoms with Crippen LogP contribution in [-0.2, 0) is 6.54 Å². The minimum atomic E-state index is -0.159. The van der Waals surface area contributed by atoms with Crippen molar-refractivity contribution in [3.8, 4) is 11.5 Å². The molecule has 3 aromatic rings. The largest absolute Gasteiger partial charge is 0.486 e. The van der Waals surface area contributed by atoms with Gasteiger partial charge in [0.25, 0.3) is 5.91 Å². The third-order valence-electron chi connectivity index (χ3n) is 4.54.